The van der Waals surface area contributed by atoms with Crippen LogP contribution in [0.15, 0.2) is 27.8 Å². The van der Waals surface area contributed by atoms with Gasteiger partial charge in [-0.05, 0) is 31.9 Å². The minimum Gasteiger partial charge on any atom is -0.467 e. The highest BCUT2D eigenvalue weighted by molar-refractivity contribution is 14.0. The highest BCUT2D eigenvalue weighted by Gasteiger charge is 1.97. The lowest BCUT2D eigenvalue weighted by Gasteiger charge is -2.10. The van der Waals surface area contributed by atoms with Crippen molar-refractivity contribution in [3.05, 3.63) is 24.2 Å². The number of furan rings is 1. The van der Waals surface area contributed by atoms with Crippen LogP contribution in [0.25, 0.3) is 0 Å². The van der Waals surface area contributed by atoms with Crippen LogP contribution in [-0.4, -0.2) is 32.2 Å². The Morgan fingerprint density at radius 2 is 2.09 bits per heavy atom. The highest BCUT2D eigenvalue weighted by atomic mass is 127. The molecule has 0 saturated carbocycles. The van der Waals surface area contributed by atoms with Crippen molar-refractivity contribution in [3.8, 4) is 0 Å². The molecular weight excluding hydrogens is 393 g/mol. The zero-order valence-corrected chi connectivity index (χ0v) is 16.1. The van der Waals surface area contributed by atoms with E-state index in [1.54, 1.807) is 6.26 Å². The second-order valence-electron chi connectivity index (χ2n) is 4.88. The molecule has 22 heavy (non-hydrogen) atoms. The van der Waals surface area contributed by atoms with Crippen LogP contribution in [0, 0.1) is 0 Å². The first-order valence-electron chi connectivity index (χ1n) is 7.99. The molecule has 0 radical (unpaired) electrons. The Labute approximate surface area is 151 Å². The molecule has 0 aromatic carbocycles. The van der Waals surface area contributed by atoms with Crippen LogP contribution >= 0.6 is 24.0 Å². The molecule has 0 atom stereocenters. The molecule has 6 heteroatoms. The van der Waals surface area contributed by atoms with E-state index < -0.39 is 0 Å². The van der Waals surface area contributed by atoms with Crippen LogP contribution in [0.1, 0.15) is 45.3 Å². The number of guanidine groups is 1. The first-order valence-corrected chi connectivity index (χ1v) is 7.99. The molecule has 0 fully saturated rings. The third-order valence-electron chi connectivity index (χ3n) is 2.96. The quantitative estimate of drug-likeness (QED) is 0.247. The van der Waals surface area contributed by atoms with Gasteiger partial charge in [0.1, 0.15) is 12.4 Å². The molecule has 0 unspecified atom stereocenters. The Hall–Kier alpha value is -0.760. The van der Waals surface area contributed by atoms with Crippen LogP contribution < -0.4 is 10.6 Å². The van der Waals surface area contributed by atoms with Gasteiger partial charge >= 0.3 is 0 Å². The van der Waals surface area contributed by atoms with E-state index >= 15 is 0 Å². The van der Waals surface area contributed by atoms with Gasteiger partial charge in [-0.2, -0.15) is 0 Å². The van der Waals surface area contributed by atoms with Gasteiger partial charge in [0.15, 0.2) is 5.96 Å². The SMILES string of the molecule is CCCCCNC(=NCCCOCc1ccco1)NCC.I. The average molecular weight is 423 g/mol. The molecule has 0 spiro atoms. The number of aliphatic imine (C=N–C) groups is 1. The van der Waals surface area contributed by atoms with Crippen LogP contribution in [0.5, 0.6) is 0 Å². The van der Waals surface area contributed by atoms with Gasteiger partial charge in [-0.3, -0.25) is 4.99 Å². The van der Waals surface area contributed by atoms with Gasteiger partial charge in [0.25, 0.3) is 0 Å². The van der Waals surface area contributed by atoms with Crippen molar-refractivity contribution >= 4 is 29.9 Å². The summed E-state index contributed by atoms with van der Waals surface area (Å²) in [5.74, 6) is 1.77. The van der Waals surface area contributed by atoms with Crippen molar-refractivity contribution in [1.29, 1.82) is 0 Å². The fourth-order valence-electron chi connectivity index (χ4n) is 1.85. The lowest BCUT2D eigenvalue weighted by Crippen LogP contribution is -2.37. The number of ether oxygens (including phenoxy) is 1. The number of nitrogens with zero attached hydrogens (tertiary/aromatic N) is 1. The normalized spacial score (nSPS) is 11.1. The summed E-state index contributed by atoms with van der Waals surface area (Å²) in [7, 11) is 0. The summed E-state index contributed by atoms with van der Waals surface area (Å²) in [4.78, 5) is 4.54. The van der Waals surface area contributed by atoms with Crippen LogP contribution in [-0.2, 0) is 11.3 Å². The fraction of sp³-hybridized carbons (Fsp3) is 0.688. The van der Waals surface area contributed by atoms with Crippen LogP contribution in [0.2, 0.25) is 0 Å². The van der Waals surface area contributed by atoms with E-state index in [1.165, 1.54) is 19.3 Å². The number of halogens is 1. The molecule has 0 saturated heterocycles. The zero-order valence-electron chi connectivity index (χ0n) is 13.8. The molecule has 0 aliphatic heterocycles. The largest absolute Gasteiger partial charge is 0.467 e. The van der Waals surface area contributed by atoms with Crippen molar-refractivity contribution in [2.45, 2.75) is 46.1 Å². The van der Waals surface area contributed by atoms with Gasteiger partial charge < -0.3 is 19.8 Å². The minimum absolute atomic E-state index is 0. The third-order valence-corrected chi connectivity index (χ3v) is 2.96. The minimum atomic E-state index is 0. The highest BCUT2D eigenvalue weighted by Crippen LogP contribution is 2.01. The van der Waals surface area contributed by atoms with Crippen molar-refractivity contribution in [1.82, 2.24) is 10.6 Å². The second-order valence-corrected chi connectivity index (χ2v) is 4.88. The van der Waals surface area contributed by atoms with Gasteiger partial charge in [-0.25, -0.2) is 0 Å². The van der Waals surface area contributed by atoms with E-state index in [4.69, 9.17) is 9.15 Å². The fourth-order valence-corrected chi connectivity index (χ4v) is 1.85. The van der Waals surface area contributed by atoms with E-state index in [0.717, 1.165) is 37.8 Å². The van der Waals surface area contributed by atoms with Crippen molar-refractivity contribution in [2.24, 2.45) is 4.99 Å². The summed E-state index contributed by atoms with van der Waals surface area (Å²) in [6, 6.07) is 3.79. The summed E-state index contributed by atoms with van der Waals surface area (Å²) in [5, 5.41) is 6.61. The number of hydrogen-bond donors (Lipinski definition) is 2. The van der Waals surface area contributed by atoms with Gasteiger partial charge in [-0.1, -0.05) is 19.8 Å². The van der Waals surface area contributed by atoms with Gasteiger partial charge in [-0.15, -0.1) is 24.0 Å². The predicted octanol–water partition coefficient (Wildman–Crippen LogP) is 3.55. The topological polar surface area (TPSA) is 58.8 Å². The Morgan fingerprint density at radius 1 is 1.23 bits per heavy atom. The van der Waals surface area contributed by atoms with E-state index in [9.17, 15) is 0 Å². The monoisotopic (exact) mass is 423 g/mol. The summed E-state index contributed by atoms with van der Waals surface area (Å²) in [6.07, 6.45) is 6.25. The Balaban J connectivity index is 0.00000441. The third kappa shape index (κ3) is 10.9. The maximum absolute atomic E-state index is 5.53. The second kappa shape index (κ2) is 15.1. The van der Waals surface area contributed by atoms with E-state index in [0.29, 0.717) is 13.2 Å². The van der Waals surface area contributed by atoms with Gasteiger partial charge in [0.2, 0.25) is 0 Å². The number of hydrogen-bond acceptors (Lipinski definition) is 3. The average Bonchev–Trinajstić information content (AvgIpc) is 3.00. The molecule has 2 N–H and O–H groups in total. The van der Waals surface area contributed by atoms with E-state index in [-0.39, 0.29) is 24.0 Å². The van der Waals surface area contributed by atoms with Gasteiger partial charge in [0.05, 0.1) is 6.26 Å². The summed E-state index contributed by atoms with van der Waals surface area (Å²) < 4.78 is 10.7. The van der Waals surface area contributed by atoms with Crippen LogP contribution in [0.3, 0.4) is 0 Å². The molecule has 5 nitrogen and oxygen atoms in total. The molecule has 1 aromatic rings. The van der Waals surface area contributed by atoms with Crippen molar-refractivity contribution in [3.63, 3.8) is 0 Å². The predicted molar refractivity (Wildman–Crippen MR) is 102 cm³/mol. The Morgan fingerprint density at radius 3 is 2.77 bits per heavy atom. The molecule has 1 aromatic heterocycles. The maximum atomic E-state index is 5.53. The molecule has 0 aliphatic carbocycles. The van der Waals surface area contributed by atoms with Crippen molar-refractivity contribution in [2.75, 3.05) is 26.2 Å². The lowest BCUT2D eigenvalue weighted by molar-refractivity contribution is 0.105. The number of rotatable bonds is 11. The number of unbranched alkanes of at least 4 members (excludes halogenated alkanes) is 2. The standard InChI is InChI=1S/C16H29N3O2.HI/c1-3-5-6-10-18-16(17-4-2)19-11-8-12-20-14-15-9-7-13-21-15;/h7,9,13H,3-6,8,10-12,14H2,1-2H3,(H2,17,18,19);1H. The number of nitrogens with one attached hydrogen (secondary N) is 2. The Kier molecular flexibility index (Phi) is 14.6. The summed E-state index contributed by atoms with van der Waals surface area (Å²) in [5.41, 5.74) is 0. The summed E-state index contributed by atoms with van der Waals surface area (Å²) >= 11 is 0. The molecular formula is C16H30IN3O2. The first-order chi connectivity index (χ1) is 10.4. The molecule has 0 amide bonds. The summed E-state index contributed by atoms with van der Waals surface area (Å²) in [6.45, 7) is 8.15. The van der Waals surface area contributed by atoms with E-state index in [1.807, 2.05) is 12.1 Å². The molecule has 1 heterocycles. The Bertz CT molecular complexity index is 369. The van der Waals surface area contributed by atoms with Crippen molar-refractivity contribution < 1.29 is 9.15 Å². The first kappa shape index (κ1) is 21.2. The molecule has 128 valence electrons. The smallest absolute Gasteiger partial charge is 0.191 e. The maximum Gasteiger partial charge on any atom is 0.191 e. The molecule has 0 bridgehead atoms. The zero-order chi connectivity index (χ0) is 15.2. The molecule has 1 rings (SSSR count). The van der Waals surface area contributed by atoms with Crippen LogP contribution in [0.4, 0.5) is 0 Å². The van der Waals surface area contributed by atoms with E-state index in [2.05, 4.69) is 29.5 Å². The molecule has 0 aliphatic rings. The lowest BCUT2D eigenvalue weighted by atomic mass is 10.2. The van der Waals surface area contributed by atoms with Gasteiger partial charge in [0, 0.05) is 26.2 Å².